The Bertz CT molecular complexity index is 741. The van der Waals surface area contributed by atoms with E-state index in [9.17, 15) is 4.79 Å². The van der Waals surface area contributed by atoms with Gasteiger partial charge in [-0.15, -0.1) is 5.10 Å². The van der Waals surface area contributed by atoms with Gasteiger partial charge in [-0.3, -0.25) is 14.8 Å². The highest BCUT2D eigenvalue weighted by atomic mass is 16.4. The number of carbonyl (C=O) groups is 1. The molecule has 3 rings (SSSR count). The number of rotatable bonds is 3. The third-order valence-corrected chi connectivity index (χ3v) is 2.61. The number of carbonyl (C=O) groups excluding carboxylic acids is 1. The lowest BCUT2D eigenvalue weighted by Gasteiger charge is -1.96. The summed E-state index contributed by atoms with van der Waals surface area (Å²) in [6, 6.07) is 4.97. The first-order valence-electron chi connectivity index (χ1n) is 5.83. The predicted octanol–water partition coefficient (Wildman–Crippen LogP) is 1.62. The van der Waals surface area contributed by atoms with Crippen molar-refractivity contribution in [3.8, 4) is 11.6 Å². The van der Waals surface area contributed by atoms with Crippen molar-refractivity contribution in [2.45, 2.75) is 6.92 Å². The summed E-state index contributed by atoms with van der Waals surface area (Å²) in [6.07, 6.45) is 1.41. The second kappa shape index (κ2) is 4.65. The average molecular weight is 273 g/mol. The second-order valence-electron chi connectivity index (χ2n) is 4.14. The molecule has 0 saturated carbocycles. The Morgan fingerprint density at radius 1 is 1.40 bits per heavy atom. The van der Waals surface area contributed by atoms with Crippen LogP contribution in [-0.4, -0.2) is 25.9 Å². The molecule has 0 aromatic carbocycles. The third kappa shape index (κ3) is 2.18. The molecule has 3 aromatic heterocycles. The Morgan fingerprint density at radius 2 is 2.25 bits per heavy atom. The molecular weight excluding hydrogens is 262 g/mol. The minimum absolute atomic E-state index is 0.000234. The summed E-state index contributed by atoms with van der Waals surface area (Å²) >= 11 is 0. The van der Waals surface area contributed by atoms with E-state index in [2.05, 4.69) is 20.6 Å². The van der Waals surface area contributed by atoms with Crippen LogP contribution < -0.4 is 5.32 Å². The summed E-state index contributed by atoms with van der Waals surface area (Å²) in [5, 5.41) is 14.3. The highest BCUT2D eigenvalue weighted by Crippen LogP contribution is 2.20. The average Bonchev–Trinajstić information content (AvgIpc) is 3.10. The number of hydrogen-bond donors (Lipinski definition) is 1. The lowest BCUT2D eigenvalue weighted by molar-refractivity contribution is 0.0994. The molecule has 0 unspecified atom stereocenters. The summed E-state index contributed by atoms with van der Waals surface area (Å²) in [7, 11) is 1.77. The SMILES string of the molecule is Cc1cc(-c2nnc(NC(=O)c3ccco3)o2)n(C)n1. The summed E-state index contributed by atoms with van der Waals surface area (Å²) in [4.78, 5) is 11.7. The monoisotopic (exact) mass is 273 g/mol. The molecule has 0 spiro atoms. The molecule has 1 amide bonds. The van der Waals surface area contributed by atoms with Gasteiger partial charge in [0.2, 0.25) is 0 Å². The van der Waals surface area contributed by atoms with Crippen molar-refractivity contribution in [1.82, 2.24) is 20.0 Å². The summed E-state index contributed by atoms with van der Waals surface area (Å²) in [5.41, 5.74) is 1.51. The summed E-state index contributed by atoms with van der Waals surface area (Å²) in [5.74, 6) is -0.00430. The van der Waals surface area contributed by atoms with E-state index in [-0.39, 0.29) is 17.7 Å². The minimum Gasteiger partial charge on any atom is -0.459 e. The maximum atomic E-state index is 11.7. The van der Waals surface area contributed by atoms with Crippen LogP contribution in [-0.2, 0) is 7.05 Å². The van der Waals surface area contributed by atoms with Crippen molar-refractivity contribution in [3.63, 3.8) is 0 Å². The van der Waals surface area contributed by atoms with Gasteiger partial charge < -0.3 is 8.83 Å². The lowest BCUT2D eigenvalue weighted by Crippen LogP contribution is -2.10. The van der Waals surface area contributed by atoms with Crippen LogP contribution in [0.25, 0.3) is 11.6 Å². The number of anilines is 1. The van der Waals surface area contributed by atoms with Gasteiger partial charge >= 0.3 is 6.01 Å². The van der Waals surface area contributed by atoms with Crippen molar-refractivity contribution < 1.29 is 13.6 Å². The van der Waals surface area contributed by atoms with Crippen LogP contribution in [0, 0.1) is 6.92 Å². The highest BCUT2D eigenvalue weighted by molar-refractivity contribution is 6.00. The molecule has 0 atom stereocenters. The smallest absolute Gasteiger partial charge is 0.322 e. The molecule has 0 bridgehead atoms. The number of aryl methyl sites for hydroxylation is 2. The minimum atomic E-state index is -0.452. The predicted molar refractivity (Wildman–Crippen MR) is 67.9 cm³/mol. The van der Waals surface area contributed by atoms with Gasteiger partial charge in [0, 0.05) is 7.05 Å². The maximum absolute atomic E-state index is 11.7. The molecule has 20 heavy (non-hydrogen) atoms. The normalized spacial score (nSPS) is 10.7. The second-order valence-corrected chi connectivity index (χ2v) is 4.14. The van der Waals surface area contributed by atoms with E-state index in [4.69, 9.17) is 8.83 Å². The van der Waals surface area contributed by atoms with Gasteiger partial charge in [0.05, 0.1) is 12.0 Å². The van der Waals surface area contributed by atoms with Crippen LogP contribution in [0.5, 0.6) is 0 Å². The van der Waals surface area contributed by atoms with E-state index >= 15 is 0 Å². The van der Waals surface area contributed by atoms with E-state index in [1.807, 2.05) is 13.0 Å². The van der Waals surface area contributed by atoms with Crippen LogP contribution in [0.15, 0.2) is 33.3 Å². The van der Waals surface area contributed by atoms with E-state index in [0.717, 1.165) is 5.69 Å². The highest BCUT2D eigenvalue weighted by Gasteiger charge is 2.16. The van der Waals surface area contributed by atoms with Crippen molar-refractivity contribution in [3.05, 3.63) is 35.9 Å². The zero-order valence-corrected chi connectivity index (χ0v) is 10.8. The molecule has 0 aliphatic carbocycles. The Balaban J connectivity index is 1.81. The summed E-state index contributed by atoms with van der Waals surface area (Å²) in [6.45, 7) is 1.86. The van der Waals surface area contributed by atoms with Gasteiger partial charge in [0.15, 0.2) is 5.76 Å². The van der Waals surface area contributed by atoms with Crippen LogP contribution in [0.1, 0.15) is 16.2 Å². The molecular formula is C12H11N5O3. The standard InChI is InChI=1S/C12H11N5O3/c1-7-6-8(17(2)16-7)11-14-15-12(20-11)13-10(18)9-4-3-5-19-9/h3-6H,1-2H3,(H,13,15,18). The number of amides is 1. The van der Waals surface area contributed by atoms with Crippen LogP contribution >= 0.6 is 0 Å². The fraction of sp³-hybridized carbons (Fsp3) is 0.167. The number of aromatic nitrogens is 4. The summed E-state index contributed by atoms with van der Waals surface area (Å²) < 4.78 is 12.0. The lowest BCUT2D eigenvalue weighted by atomic mass is 10.4. The van der Waals surface area contributed by atoms with Gasteiger partial charge in [-0.25, -0.2) is 0 Å². The van der Waals surface area contributed by atoms with Crippen molar-refractivity contribution in [2.24, 2.45) is 7.05 Å². The number of nitrogens with one attached hydrogen (secondary N) is 1. The van der Waals surface area contributed by atoms with E-state index in [1.165, 1.54) is 12.3 Å². The zero-order valence-electron chi connectivity index (χ0n) is 10.8. The molecule has 8 heteroatoms. The molecule has 0 radical (unpaired) electrons. The quantitative estimate of drug-likeness (QED) is 0.778. The van der Waals surface area contributed by atoms with E-state index < -0.39 is 5.91 Å². The molecule has 0 aliphatic heterocycles. The van der Waals surface area contributed by atoms with Gasteiger partial charge in [-0.2, -0.15) is 5.10 Å². The van der Waals surface area contributed by atoms with Crippen molar-refractivity contribution >= 4 is 11.9 Å². The molecule has 8 nitrogen and oxygen atoms in total. The number of nitrogens with zero attached hydrogens (tertiary/aromatic N) is 4. The molecule has 0 fully saturated rings. The topological polar surface area (TPSA) is 99.0 Å². The first-order valence-corrected chi connectivity index (χ1v) is 5.83. The molecule has 3 aromatic rings. The van der Waals surface area contributed by atoms with Gasteiger partial charge in [-0.05, 0) is 25.1 Å². The first kappa shape index (κ1) is 12.2. The van der Waals surface area contributed by atoms with E-state index in [1.54, 1.807) is 17.8 Å². The molecule has 0 saturated heterocycles. The van der Waals surface area contributed by atoms with Crippen molar-refractivity contribution in [1.29, 1.82) is 0 Å². The fourth-order valence-electron chi connectivity index (χ4n) is 1.75. The largest absolute Gasteiger partial charge is 0.459 e. The Hall–Kier alpha value is -2.90. The third-order valence-electron chi connectivity index (χ3n) is 2.61. The Morgan fingerprint density at radius 3 is 2.90 bits per heavy atom. The zero-order chi connectivity index (χ0) is 14.1. The Kier molecular flexibility index (Phi) is 2.82. The number of furan rings is 1. The van der Waals surface area contributed by atoms with Crippen LogP contribution in [0.2, 0.25) is 0 Å². The molecule has 1 N–H and O–H groups in total. The van der Waals surface area contributed by atoms with Gasteiger partial charge in [0.1, 0.15) is 5.69 Å². The van der Waals surface area contributed by atoms with Crippen LogP contribution in [0.4, 0.5) is 6.01 Å². The molecule has 3 heterocycles. The molecule has 0 aliphatic rings. The fourth-order valence-corrected chi connectivity index (χ4v) is 1.75. The van der Waals surface area contributed by atoms with E-state index in [0.29, 0.717) is 5.69 Å². The van der Waals surface area contributed by atoms with Crippen molar-refractivity contribution in [2.75, 3.05) is 5.32 Å². The van der Waals surface area contributed by atoms with Gasteiger partial charge in [0.25, 0.3) is 11.8 Å². The van der Waals surface area contributed by atoms with Gasteiger partial charge in [-0.1, -0.05) is 5.10 Å². The van der Waals surface area contributed by atoms with Crippen LogP contribution in [0.3, 0.4) is 0 Å². The maximum Gasteiger partial charge on any atom is 0.322 e. The number of hydrogen-bond acceptors (Lipinski definition) is 6. The molecule has 102 valence electrons. The first-order chi connectivity index (χ1) is 9.63. The Labute approximate surface area is 113 Å².